The fourth-order valence-corrected chi connectivity index (χ4v) is 10.2. The maximum Gasteiger partial charge on any atom is 0.743 e. The Labute approximate surface area is 464 Å². The number of benzene rings is 6. The lowest BCUT2D eigenvalue weighted by atomic mass is 9.87. The van der Waals surface area contributed by atoms with Crippen molar-refractivity contribution in [1.29, 1.82) is 5.26 Å². The highest BCUT2D eigenvalue weighted by atomic mass is 16.7. The molecule has 0 spiro atoms. The molecule has 16 heteroatoms. The lowest BCUT2D eigenvalue weighted by Crippen LogP contribution is -2.44. The second-order valence-electron chi connectivity index (χ2n) is 23.2. The summed E-state index contributed by atoms with van der Waals surface area (Å²) in [5, 5.41) is 13.6. The zero-order valence-corrected chi connectivity index (χ0v) is 46.4. The fraction of sp³-hybridized carbons (Fsp3) is 0.250. The second kappa shape index (κ2) is 19.9. The highest BCUT2D eigenvalue weighted by molar-refractivity contribution is 6.49. The minimum Gasteiger partial charge on any atom is -0.503 e. The van der Waals surface area contributed by atoms with Gasteiger partial charge in [-0.3, -0.25) is 0 Å². The molecule has 398 valence electrons. The Hall–Kier alpha value is -9.27. The molecule has 0 N–H and O–H groups in total. The van der Waals surface area contributed by atoms with Gasteiger partial charge in [0, 0.05) is 21.9 Å². The molecule has 2 aliphatic rings. The van der Waals surface area contributed by atoms with E-state index < -0.39 is 14.5 Å². The van der Waals surface area contributed by atoms with Crippen molar-refractivity contribution in [3.05, 3.63) is 178 Å². The third-order valence-electron chi connectivity index (χ3n) is 14.2. The topological polar surface area (TPSA) is 145 Å². The average Bonchev–Trinajstić information content (AvgIpc) is 4.47. The predicted octanol–water partition coefficient (Wildman–Crippen LogP) is 13.1. The van der Waals surface area contributed by atoms with Crippen molar-refractivity contribution in [2.24, 2.45) is 11.8 Å². The lowest BCUT2D eigenvalue weighted by molar-refractivity contribution is 0.271. The number of hydrogen-bond acceptors (Lipinski definition) is 11. The van der Waals surface area contributed by atoms with E-state index in [2.05, 4.69) is 80.2 Å². The molecule has 10 aromatic rings. The molecule has 0 atom stereocenters. The molecule has 0 fully saturated rings. The Morgan fingerprint density at radius 2 is 1.00 bits per heavy atom. The first-order valence-corrected chi connectivity index (χ1v) is 26.9. The molecule has 0 saturated carbocycles. The van der Waals surface area contributed by atoms with Crippen LogP contribution < -0.4 is 38.8 Å². The van der Waals surface area contributed by atoms with Gasteiger partial charge in [0.25, 0.3) is 5.70 Å². The van der Waals surface area contributed by atoms with E-state index in [-0.39, 0.29) is 45.7 Å². The monoisotopic (exact) mass is 1060 g/mol. The number of oxazole rings is 2. The van der Waals surface area contributed by atoms with Crippen molar-refractivity contribution in [2.75, 3.05) is 13.2 Å². The van der Waals surface area contributed by atoms with Gasteiger partial charge in [-0.05, 0) is 107 Å². The summed E-state index contributed by atoms with van der Waals surface area (Å²) in [7, 11) is -2.50. The maximum absolute atomic E-state index is 12.1. The van der Waals surface area contributed by atoms with Gasteiger partial charge in [0.1, 0.15) is 57.2 Å². The SMILES string of the molecule is [C-]#[N+]/C(c1nc2cc(C(C)(C)C)ccc2o1)=c1\c2c(-c3cccc(OCC(C)C)c3)n(B3Oc4ccccc4O3)/c(=C(/C#N)c3nc4cc(C(C)(C)C)ccc4o3)c2c(-c2cccc(OCC(C)C)c2)n1B1Oc2ccccc2O1. The van der Waals surface area contributed by atoms with Gasteiger partial charge in [-0.1, -0.05) is 130 Å². The molecule has 0 unspecified atom stereocenters. The first-order valence-electron chi connectivity index (χ1n) is 26.9. The van der Waals surface area contributed by atoms with Crippen molar-refractivity contribution in [3.63, 3.8) is 0 Å². The number of nitrogens with zero attached hydrogens (tertiary/aromatic N) is 6. The van der Waals surface area contributed by atoms with Crippen LogP contribution in [0.25, 0.3) is 71.6 Å². The lowest BCUT2D eigenvalue weighted by Gasteiger charge is -2.18. The summed E-state index contributed by atoms with van der Waals surface area (Å²) in [5.41, 5.74) is 6.05. The van der Waals surface area contributed by atoms with Crippen molar-refractivity contribution >= 4 is 58.7 Å². The molecule has 12 rings (SSSR count). The normalized spacial score (nSPS) is 13.9. The molecular weight excluding hydrogens is 1000 g/mol. The van der Waals surface area contributed by atoms with E-state index >= 15 is 0 Å². The zero-order chi connectivity index (χ0) is 55.8. The van der Waals surface area contributed by atoms with Crippen LogP contribution in [0.5, 0.6) is 34.5 Å². The molecule has 0 amide bonds. The molecule has 0 radical (unpaired) electrons. The van der Waals surface area contributed by atoms with Crippen LogP contribution in [0.3, 0.4) is 0 Å². The summed E-state index contributed by atoms with van der Waals surface area (Å²) >= 11 is 0. The van der Waals surface area contributed by atoms with E-state index in [1.165, 1.54) is 0 Å². The first-order chi connectivity index (χ1) is 38.4. The molecular formula is C64H58B2N6O8. The van der Waals surface area contributed by atoms with Crippen LogP contribution in [0, 0.1) is 29.7 Å². The van der Waals surface area contributed by atoms with Gasteiger partial charge < -0.3 is 45.9 Å². The van der Waals surface area contributed by atoms with Crippen molar-refractivity contribution < 1.29 is 36.9 Å². The van der Waals surface area contributed by atoms with Gasteiger partial charge in [-0.25, -0.2) is 14.8 Å². The Bertz CT molecular complexity index is 3990. The van der Waals surface area contributed by atoms with Crippen LogP contribution in [-0.2, 0) is 10.8 Å². The van der Waals surface area contributed by atoms with Crippen LogP contribution in [0.1, 0.15) is 92.1 Å². The summed E-state index contributed by atoms with van der Waals surface area (Å²) in [6, 6.07) is 44.7. The molecule has 0 saturated heterocycles. The summed E-state index contributed by atoms with van der Waals surface area (Å²) < 4.78 is 57.7. The van der Waals surface area contributed by atoms with E-state index in [9.17, 15) is 11.8 Å². The number of nitriles is 1. The Morgan fingerprint density at radius 1 is 0.575 bits per heavy atom. The van der Waals surface area contributed by atoms with Crippen LogP contribution in [0.2, 0.25) is 0 Å². The Kier molecular flexibility index (Phi) is 12.8. The Morgan fingerprint density at radius 3 is 1.43 bits per heavy atom. The predicted molar refractivity (Wildman–Crippen MR) is 311 cm³/mol. The minimum absolute atomic E-state index is 0.0221. The zero-order valence-electron chi connectivity index (χ0n) is 46.4. The summed E-state index contributed by atoms with van der Waals surface area (Å²) in [5.74, 6) is 3.64. The molecule has 6 aromatic carbocycles. The second-order valence-corrected chi connectivity index (χ2v) is 23.2. The van der Waals surface area contributed by atoms with Gasteiger partial charge >= 0.3 is 14.5 Å². The molecule has 0 aliphatic carbocycles. The minimum atomic E-state index is -1.25. The molecule has 6 heterocycles. The van der Waals surface area contributed by atoms with Crippen molar-refractivity contribution in [2.45, 2.75) is 80.1 Å². The summed E-state index contributed by atoms with van der Waals surface area (Å²) in [6.07, 6.45) is 0. The number of rotatable bonds is 12. The third-order valence-corrected chi connectivity index (χ3v) is 14.2. The van der Waals surface area contributed by atoms with Gasteiger partial charge in [0.05, 0.1) is 41.9 Å². The first kappa shape index (κ1) is 51.5. The van der Waals surface area contributed by atoms with E-state index in [0.29, 0.717) is 114 Å². The maximum atomic E-state index is 12.1. The van der Waals surface area contributed by atoms with Gasteiger partial charge in [0.2, 0.25) is 11.8 Å². The van der Waals surface area contributed by atoms with Gasteiger partial charge in [0.15, 0.2) is 11.2 Å². The van der Waals surface area contributed by atoms with Gasteiger partial charge in [-0.2, -0.15) is 5.26 Å². The number of aromatic nitrogens is 4. The van der Waals surface area contributed by atoms with Crippen molar-refractivity contribution in [3.8, 4) is 63.1 Å². The van der Waals surface area contributed by atoms with E-state index in [1.807, 2.05) is 142 Å². The molecule has 0 bridgehead atoms. The summed E-state index contributed by atoms with van der Waals surface area (Å²) in [4.78, 5) is 14.7. The van der Waals surface area contributed by atoms with Crippen LogP contribution in [0.4, 0.5) is 0 Å². The van der Waals surface area contributed by atoms with Crippen LogP contribution >= 0.6 is 0 Å². The van der Waals surface area contributed by atoms with Crippen LogP contribution in [0.15, 0.2) is 142 Å². The number of para-hydroxylation sites is 4. The number of fused-ring (bicyclic) bond motifs is 5. The van der Waals surface area contributed by atoms with E-state index in [0.717, 1.165) is 11.1 Å². The third kappa shape index (κ3) is 9.24. The Balaban J connectivity index is 1.33. The summed E-state index contributed by atoms with van der Waals surface area (Å²) in [6.45, 7) is 31.5. The quantitative estimate of drug-likeness (QED) is 0.0851. The van der Waals surface area contributed by atoms with E-state index in [4.69, 9.17) is 46.9 Å². The molecule has 80 heavy (non-hydrogen) atoms. The van der Waals surface area contributed by atoms with E-state index in [1.54, 1.807) is 0 Å². The highest BCUT2D eigenvalue weighted by Crippen LogP contribution is 2.43. The molecule has 2 aliphatic heterocycles. The number of hydrogen-bond donors (Lipinski definition) is 0. The standard InChI is InChI=1S/C64H58B2N6O8/c1-37(2)35-73-43-20-16-18-39(30-43)57-54-55(60(72(57)66-79-52-24-14-15-25-53(52)80-66)56(68-11)62-70-47-33-42(64(8,9)10)27-29-49(47)76-62)58(40-19-17-21-44(31-40)74-36-38(3)4)71(65-77-50-22-12-13-23-51(50)78-65)59(54)45(34-67)61-69-46-32-41(63(5,6)7)26-28-48(46)75-61/h12-33,37-38H,35-36H2,1-10H3/b59-45-,60-56+. The number of ether oxygens (including phenoxy) is 2. The average molecular weight is 1060 g/mol. The largest absolute Gasteiger partial charge is 0.743 e. The molecule has 14 nitrogen and oxygen atoms in total. The van der Waals surface area contributed by atoms with Crippen LogP contribution in [-0.4, -0.2) is 46.6 Å². The molecule has 4 aromatic heterocycles. The highest BCUT2D eigenvalue weighted by Gasteiger charge is 2.45. The van der Waals surface area contributed by atoms with Crippen molar-refractivity contribution in [1.82, 2.24) is 18.9 Å². The van der Waals surface area contributed by atoms with Gasteiger partial charge in [-0.15, -0.1) is 0 Å². The smallest absolute Gasteiger partial charge is 0.503 e. The fourth-order valence-electron chi connectivity index (χ4n) is 10.2.